The number of nitrogens with one attached hydrogen (secondary N) is 1. The van der Waals surface area contributed by atoms with Gasteiger partial charge in [0.05, 0.1) is 20.0 Å². The van der Waals surface area contributed by atoms with Crippen LogP contribution in [0.25, 0.3) is 5.69 Å². The van der Waals surface area contributed by atoms with Crippen LogP contribution in [-0.2, 0) is 0 Å². The van der Waals surface area contributed by atoms with Gasteiger partial charge in [0.15, 0.2) is 11.5 Å². The van der Waals surface area contributed by atoms with Crippen LogP contribution in [0.3, 0.4) is 0 Å². The van der Waals surface area contributed by atoms with Gasteiger partial charge in [0.25, 0.3) is 5.91 Å². The predicted octanol–water partition coefficient (Wildman–Crippen LogP) is 3.53. The molecule has 0 aliphatic carbocycles. The van der Waals surface area contributed by atoms with Gasteiger partial charge in [0.2, 0.25) is 0 Å². The zero-order chi connectivity index (χ0) is 17.6. The molecule has 6 heteroatoms. The van der Waals surface area contributed by atoms with Gasteiger partial charge in [0.1, 0.15) is 0 Å². The molecule has 1 N–H and O–H groups in total. The standard InChI is InChI=1S/C19H19N3O3/c1-3-25-17-9-4-14(12-18(17)24-2)19(23)21-15-5-7-16(8-6-15)22-11-10-20-13-22/h4-13H,3H2,1-2H3,(H,21,23). The molecule has 3 aromatic rings. The number of nitrogens with zero attached hydrogens (tertiary/aromatic N) is 2. The van der Waals surface area contributed by atoms with E-state index < -0.39 is 0 Å². The Labute approximate surface area is 146 Å². The molecule has 1 aromatic heterocycles. The average Bonchev–Trinajstić information content (AvgIpc) is 3.17. The van der Waals surface area contributed by atoms with Crippen LogP contribution in [0.4, 0.5) is 5.69 Å². The number of ether oxygens (including phenoxy) is 2. The van der Waals surface area contributed by atoms with Crippen molar-refractivity contribution in [1.29, 1.82) is 0 Å². The summed E-state index contributed by atoms with van der Waals surface area (Å²) >= 11 is 0. The highest BCUT2D eigenvalue weighted by molar-refractivity contribution is 6.04. The molecule has 0 fully saturated rings. The van der Waals surface area contributed by atoms with E-state index in [1.54, 1.807) is 37.8 Å². The van der Waals surface area contributed by atoms with Gasteiger partial charge < -0.3 is 19.4 Å². The van der Waals surface area contributed by atoms with E-state index in [1.165, 1.54) is 0 Å². The summed E-state index contributed by atoms with van der Waals surface area (Å²) < 4.78 is 12.6. The van der Waals surface area contributed by atoms with E-state index in [4.69, 9.17) is 9.47 Å². The van der Waals surface area contributed by atoms with Crippen LogP contribution in [0.2, 0.25) is 0 Å². The first-order valence-electron chi connectivity index (χ1n) is 7.92. The van der Waals surface area contributed by atoms with Crippen LogP contribution >= 0.6 is 0 Å². The summed E-state index contributed by atoms with van der Waals surface area (Å²) in [4.78, 5) is 16.5. The number of amides is 1. The Hall–Kier alpha value is -3.28. The maximum atomic E-state index is 12.4. The maximum absolute atomic E-state index is 12.4. The van der Waals surface area contributed by atoms with E-state index in [9.17, 15) is 4.79 Å². The maximum Gasteiger partial charge on any atom is 0.255 e. The van der Waals surface area contributed by atoms with E-state index in [1.807, 2.05) is 42.0 Å². The lowest BCUT2D eigenvalue weighted by atomic mass is 10.1. The second-order valence-electron chi connectivity index (χ2n) is 5.27. The molecule has 0 saturated heterocycles. The topological polar surface area (TPSA) is 65.4 Å². The summed E-state index contributed by atoms with van der Waals surface area (Å²) in [5, 5.41) is 2.87. The van der Waals surface area contributed by atoms with Crippen molar-refractivity contribution in [2.75, 3.05) is 19.0 Å². The fraction of sp³-hybridized carbons (Fsp3) is 0.158. The Balaban J connectivity index is 1.73. The zero-order valence-corrected chi connectivity index (χ0v) is 14.1. The Kier molecular flexibility index (Phi) is 4.99. The Bertz CT molecular complexity index is 843. The molecular formula is C19H19N3O3. The van der Waals surface area contributed by atoms with Crippen molar-refractivity contribution in [1.82, 2.24) is 9.55 Å². The van der Waals surface area contributed by atoms with Crippen molar-refractivity contribution < 1.29 is 14.3 Å². The number of anilines is 1. The Morgan fingerprint density at radius 1 is 1.16 bits per heavy atom. The third kappa shape index (κ3) is 3.80. The van der Waals surface area contributed by atoms with Gasteiger partial charge >= 0.3 is 0 Å². The highest BCUT2D eigenvalue weighted by Crippen LogP contribution is 2.28. The number of hydrogen-bond donors (Lipinski definition) is 1. The monoisotopic (exact) mass is 337 g/mol. The normalized spacial score (nSPS) is 10.3. The molecule has 0 aliphatic rings. The van der Waals surface area contributed by atoms with Crippen molar-refractivity contribution in [3.63, 3.8) is 0 Å². The Morgan fingerprint density at radius 3 is 2.60 bits per heavy atom. The highest BCUT2D eigenvalue weighted by atomic mass is 16.5. The van der Waals surface area contributed by atoms with Crippen LogP contribution in [0.1, 0.15) is 17.3 Å². The third-order valence-corrected chi connectivity index (χ3v) is 3.65. The van der Waals surface area contributed by atoms with E-state index in [-0.39, 0.29) is 5.91 Å². The lowest BCUT2D eigenvalue weighted by Crippen LogP contribution is -2.12. The smallest absolute Gasteiger partial charge is 0.255 e. The number of methoxy groups -OCH3 is 1. The first-order chi connectivity index (χ1) is 12.2. The summed E-state index contributed by atoms with van der Waals surface area (Å²) in [5.74, 6) is 0.938. The molecule has 0 atom stereocenters. The van der Waals surface area contributed by atoms with E-state index in [0.717, 1.165) is 5.69 Å². The van der Waals surface area contributed by atoms with Gasteiger partial charge in [-0.15, -0.1) is 0 Å². The number of benzene rings is 2. The molecule has 2 aromatic carbocycles. The number of rotatable bonds is 6. The van der Waals surface area contributed by atoms with Gasteiger partial charge in [-0.25, -0.2) is 4.98 Å². The van der Waals surface area contributed by atoms with Crippen molar-refractivity contribution in [3.8, 4) is 17.2 Å². The molecular weight excluding hydrogens is 318 g/mol. The van der Waals surface area contributed by atoms with Gasteiger partial charge in [-0.3, -0.25) is 4.79 Å². The molecule has 25 heavy (non-hydrogen) atoms. The van der Waals surface area contributed by atoms with Gasteiger partial charge in [-0.2, -0.15) is 0 Å². The largest absolute Gasteiger partial charge is 0.493 e. The van der Waals surface area contributed by atoms with Crippen LogP contribution in [0, 0.1) is 0 Å². The molecule has 0 spiro atoms. The van der Waals surface area contributed by atoms with Crippen molar-refractivity contribution >= 4 is 11.6 Å². The first kappa shape index (κ1) is 16.6. The average molecular weight is 337 g/mol. The van der Waals surface area contributed by atoms with Crippen molar-refractivity contribution in [3.05, 3.63) is 66.7 Å². The number of aromatic nitrogens is 2. The summed E-state index contributed by atoms with van der Waals surface area (Å²) in [6, 6.07) is 12.6. The molecule has 1 amide bonds. The van der Waals surface area contributed by atoms with Crippen LogP contribution in [-0.4, -0.2) is 29.2 Å². The Morgan fingerprint density at radius 2 is 1.96 bits per heavy atom. The van der Waals surface area contributed by atoms with Crippen LogP contribution in [0.5, 0.6) is 11.5 Å². The van der Waals surface area contributed by atoms with Gasteiger partial charge in [-0.05, 0) is 49.4 Å². The molecule has 0 radical (unpaired) electrons. The molecule has 128 valence electrons. The molecule has 0 aliphatic heterocycles. The van der Waals surface area contributed by atoms with Gasteiger partial charge in [0, 0.05) is 29.3 Å². The summed E-state index contributed by atoms with van der Waals surface area (Å²) in [7, 11) is 1.55. The lowest BCUT2D eigenvalue weighted by Gasteiger charge is -2.11. The number of hydrogen-bond acceptors (Lipinski definition) is 4. The van der Waals surface area contributed by atoms with Crippen molar-refractivity contribution in [2.24, 2.45) is 0 Å². The fourth-order valence-corrected chi connectivity index (χ4v) is 2.42. The zero-order valence-electron chi connectivity index (χ0n) is 14.1. The summed E-state index contributed by atoms with van der Waals surface area (Å²) in [6.07, 6.45) is 5.30. The molecule has 0 unspecified atom stereocenters. The molecule has 0 saturated carbocycles. The predicted molar refractivity (Wildman–Crippen MR) is 95.7 cm³/mol. The molecule has 0 bridgehead atoms. The SMILES string of the molecule is CCOc1ccc(C(=O)Nc2ccc(-n3ccnc3)cc2)cc1OC. The van der Waals surface area contributed by atoms with Crippen molar-refractivity contribution in [2.45, 2.75) is 6.92 Å². The quantitative estimate of drug-likeness (QED) is 0.747. The van der Waals surface area contributed by atoms with Crippen LogP contribution < -0.4 is 14.8 Å². The minimum absolute atomic E-state index is 0.211. The summed E-state index contributed by atoms with van der Waals surface area (Å²) in [5.41, 5.74) is 2.18. The molecule has 6 nitrogen and oxygen atoms in total. The molecule has 1 heterocycles. The minimum Gasteiger partial charge on any atom is -0.493 e. The second-order valence-corrected chi connectivity index (χ2v) is 5.27. The third-order valence-electron chi connectivity index (χ3n) is 3.65. The number of carbonyl (C=O) groups is 1. The fourth-order valence-electron chi connectivity index (χ4n) is 2.42. The minimum atomic E-state index is -0.211. The lowest BCUT2D eigenvalue weighted by molar-refractivity contribution is 0.102. The molecule has 3 rings (SSSR count). The van der Waals surface area contributed by atoms with E-state index >= 15 is 0 Å². The van der Waals surface area contributed by atoms with E-state index in [2.05, 4.69) is 10.3 Å². The number of imidazole rings is 1. The highest BCUT2D eigenvalue weighted by Gasteiger charge is 2.11. The first-order valence-corrected chi connectivity index (χ1v) is 7.92. The summed E-state index contributed by atoms with van der Waals surface area (Å²) in [6.45, 7) is 2.43. The van der Waals surface area contributed by atoms with E-state index in [0.29, 0.717) is 29.4 Å². The second kappa shape index (κ2) is 7.53. The van der Waals surface area contributed by atoms with Gasteiger partial charge in [-0.1, -0.05) is 0 Å². The van der Waals surface area contributed by atoms with Crippen LogP contribution in [0.15, 0.2) is 61.2 Å². The number of carbonyl (C=O) groups excluding carboxylic acids is 1.